The summed E-state index contributed by atoms with van der Waals surface area (Å²) in [6, 6.07) is 1.62. The number of carboxylic acids is 1. The van der Waals surface area contributed by atoms with E-state index in [0.717, 1.165) is 6.42 Å². The fraction of sp³-hybridized carbons (Fsp3) is 0.615. The number of aryl methyl sites for hydroxylation is 1. The lowest BCUT2D eigenvalue weighted by Gasteiger charge is -2.26. The van der Waals surface area contributed by atoms with Gasteiger partial charge < -0.3 is 15.2 Å². The highest BCUT2D eigenvalue weighted by molar-refractivity contribution is 5.81. The quantitative estimate of drug-likeness (QED) is 0.788. The molecule has 6 nitrogen and oxygen atoms in total. The third kappa shape index (κ3) is 4.08. The molecular formula is C13H21N3O3. The average Bonchev–Trinajstić information content (AvgIpc) is 2.28. The van der Waals surface area contributed by atoms with Crippen LogP contribution in [0.5, 0.6) is 5.88 Å². The molecule has 0 saturated heterocycles. The maximum atomic E-state index is 11.4. The maximum Gasteiger partial charge on any atom is 0.329 e. The topological polar surface area (TPSA) is 84.3 Å². The number of anilines is 1. The van der Waals surface area contributed by atoms with E-state index >= 15 is 0 Å². The van der Waals surface area contributed by atoms with E-state index in [1.54, 1.807) is 19.9 Å². The van der Waals surface area contributed by atoms with Crippen molar-refractivity contribution in [2.75, 3.05) is 11.9 Å². The van der Waals surface area contributed by atoms with Crippen molar-refractivity contribution < 1.29 is 14.6 Å². The Kier molecular flexibility index (Phi) is 5.09. The lowest BCUT2D eigenvalue weighted by molar-refractivity contribution is -0.142. The van der Waals surface area contributed by atoms with Crippen molar-refractivity contribution in [2.45, 2.75) is 46.1 Å². The van der Waals surface area contributed by atoms with Crippen molar-refractivity contribution in [1.29, 1.82) is 0 Å². The van der Waals surface area contributed by atoms with Crippen molar-refractivity contribution in [2.24, 2.45) is 0 Å². The number of hydrogen-bond acceptors (Lipinski definition) is 5. The van der Waals surface area contributed by atoms with Crippen molar-refractivity contribution in [1.82, 2.24) is 9.97 Å². The van der Waals surface area contributed by atoms with Crippen LogP contribution in [-0.2, 0) is 4.79 Å². The molecule has 2 N–H and O–H groups in total. The van der Waals surface area contributed by atoms with E-state index in [1.165, 1.54) is 0 Å². The van der Waals surface area contributed by atoms with Crippen LogP contribution in [0.3, 0.4) is 0 Å². The van der Waals surface area contributed by atoms with Crippen LogP contribution in [0, 0.1) is 6.92 Å². The maximum absolute atomic E-state index is 11.4. The van der Waals surface area contributed by atoms with Gasteiger partial charge in [-0.25, -0.2) is 9.78 Å². The molecule has 0 aliphatic heterocycles. The molecule has 0 amide bonds. The first kappa shape index (κ1) is 15.2. The number of ether oxygens (including phenoxy) is 1. The van der Waals surface area contributed by atoms with Gasteiger partial charge in [-0.15, -0.1) is 0 Å². The van der Waals surface area contributed by atoms with Gasteiger partial charge in [-0.2, -0.15) is 4.98 Å². The number of rotatable bonds is 7. The van der Waals surface area contributed by atoms with Gasteiger partial charge in [-0.1, -0.05) is 13.3 Å². The Labute approximate surface area is 113 Å². The third-order valence-electron chi connectivity index (χ3n) is 2.73. The zero-order valence-electron chi connectivity index (χ0n) is 11.9. The average molecular weight is 267 g/mol. The second-order valence-electron chi connectivity index (χ2n) is 4.58. The Bertz CT molecular complexity index is 451. The number of aromatic nitrogens is 2. The van der Waals surface area contributed by atoms with Crippen molar-refractivity contribution in [3.8, 4) is 5.88 Å². The highest BCUT2D eigenvalue weighted by atomic mass is 16.5. The van der Waals surface area contributed by atoms with Gasteiger partial charge >= 0.3 is 5.97 Å². The summed E-state index contributed by atoms with van der Waals surface area (Å²) in [5, 5.41) is 12.3. The molecule has 1 rings (SSSR count). The second-order valence-corrected chi connectivity index (χ2v) is 4.58. The first-order valence-electron chi connectivity index (χ1n) is 6.41. The second kappa shape index (κ2) is 6.36. The predicted octanol–water partition coefficient (Wildman–Crippen LogP) is 2.24. The first-order valence-corrected chi connectivity index (χ1v) is 6.41. The minimum Gasteiger partial charge on any atom is -0.480 e. The van der Waals surface area contributed by atoms with Crippen molar-refractivity contribution in [3.63, 3.8) is 0 Å². The molecule has 0 aliphatic rings. The smallest absolute Gasteiger partial charge is 0.329 e. The first-order chi connectivity index (χ1) is 8.91. The molecule has 0 bridgehead atoms. The number of carboxylic acid groups (broad SMARTS) is 1. The molecule has 0 aromatic carbocycles. The SMILES string of the molecule is CCCC(C)(Nc1cc(OCC)nc(C)n1)C(=O)O. The van der Waals surface area contributed by atoms with Crippen LogP contribution in [0.15, 0.2) is 6.07 Å². The van der Waals surface area contributed by atoms with E-state index in [2.05, 4.69) is 15.3 Å². The third-order valence-corrected chi connectivity index (χ3v) is 2.73. The van der Waals surface area contributed by atoms with Crippen LogP contribution in [0.4, 0.5) is 5.82 Å². The zero-order valence-corrected chi connectivity index (χ0v) is 11.9. The normalized spacial score (nSPS) is 13.7. The molecule has 0 radical (unpaired) electrons. The molecule has 0 spiro atoms. The Morgan fingerprint density at radius 1 is 1.47 bits per heavy atom. The summed E-state index contributed by atoms with van der Waals surface area (Å²) in [6.45, 7) is 7.70. The zero-order chi connectivity index (χ0) is 14.5. The summed E-state index contributed by atoms with van der Waals surface area (Å²) in [7, 11) is 0. The monoisotopic (exact) mass is 267 g/mol. The highest BCUT2D eigenvalue weighted by Crippen LogP contribution is 2.21. The van der Waals surface area contributed by atoms with E-state index < -0.39 is 11.5 Å². The van der Waals surface area contributed by atoms with Gasteiger partial charge in [0.1, 0.15) is 17.2 Å². The predicted molar refractivity (Wildman–Crippen MR) is 72.5 cm³/mol. The molecule has 1 heterocycles. The molecule has 6 heteroatoms. The van der Waals surface area contributed by atoms with E-state index in [4.69, 9.17) is 4.74 Å². The lowest BCUT2D eigenvalue weighted by atomic mass is 9.96. The van der Waals surface area contributed by atoms with E-state index in [9.17, 15) is 9.90 Å². The number of nitrogens with zero attached hydrogens (tertiary/aromatic N) is 2. The standard InChI is InChI=1S/C13H21N3O3/c1-5-7-13(4,12(17)18)16-10-8-11(19-6-2)15-9(3)14-10/h8H,5-7H2,1-4H3,(H,17,18)(H,14,15,16). The summed E-state index contributed by atoms with van der Waals surface area (Å²) in [5.74, 6) is 0.553. The number of carbonyl (C=O) groups is 1. The van der Waals surface area contributed by atoms with Crippen LogP contribution in [0.2, 0.25) is 0 Å². The molecule has 1 aromatic heterocycles. The largest absolute Gasteiger partial charge is 0.480 e. The Balaban J connectivity index is 2.99. The highest BCUT2D eigenvalue weighted by Gasteiger charge is 2.32. The van der Waals surface area contributed by atoms with Crippen LogP contribution < -0.4 is 10.1 Å². The fourth-order valence-corrected chi connectivity index (χ4v) is 1.83. The molecule has 0 aliphatic carbocycles. The Morgan fingerprint density at radius 3 is 2.68 bits per heavy atom. The van der Waals surface area contributed by atoms with Gasteiger partial charge in [0.05, 0.1) is 6.61 Å². The van der Waals surface area contributed by atoms with Crippen molar-refractivity contribution >= 4 is 11.8 Å². The Morgan fingerprint density at radius 2 is 2.16 bits per heavy atom. The van der Waals surface area contributed by atoms with Gasteiger partial charge in [0.25, 0.3) is 0 Å². The molecule has 0 fully saturated rings. The number of nitrogens with one attached hydrogen (secondary N) is 1. The summed E-state index contributed by atoms with van der Waals surface area (Å²) in [6.07, 6.45) is 1.27. The molecule has 0 saturated carbocycles. The van der Waals surface area contributed by atoms with E-state index in [-0.39, 0.29) is 0 Å². The van der Waals surface area contributed by atoms with Gasteiger partial charge in [0.2, 0.25) is 5.88 Å². The lowest BCUT2D eigenvalue weighted by Crippen LogP contribution is -2.43. The van der Waals surface area contributed by atoms with Gasteiger partial charge in [0.15, 0.2) is 0 Å². The molecule has 19 heavy (non-hydrogen) atoms. The van der Waals surface area contributed by atoms with Gasteiger partial charge in [-0.3, -0.25) is 0 Å². The minimum atomic E-state index is -1.04. The van der Waals surface area contributed by atoms with Crippen LogP contribution in [0.1, 0.15) is 39.4 Å². The van der Waals surface area contributed by atoms with Crippen LogP contribution in [-0.4, -0.2) is 33.2 Å². The van der Waals surface area contributed by atoms with Crippen LogP contribution in [0.25, 0.3) is 0 Å². The summed E-state index contributed by atoms with van der Waals surface area (Å²) in [5.41, 5.74) is -1.04. The Hall–Kier alpha value is -1.85. The molecular weight excluding hydrogens is 246 g/mol. The summed E-state index contributed by atoms with van der Waals surface area (Å²) >= 11 is 0. The molecule has 1 atom stereocenters. The molecule has 1 aromatic rings. The summed E-state index contributed by atoms with van der Waals surface area (Å²) in [4.78, 5) is 19.7. The van der Waals surface area contributed by atoms with Crippen molar-refractivity contribution in [3.05, 3.63) is 11.9 Å². The minimum absolute atomic E-state index is 0.446. The summed E-state index contributed by atoms with van der Waals surface area (Å²) < 4.78 is 5.32. The van der Waals surface area contributed by atoms with Gasteiger partial charge in [0, 0.05) is 6.07 Å². The molecule has 1 unspecified atom stereocenters. The number of aliphatic carboxylic acids is 1. The molecule has 106 valence electrons. The number of hydrogen-bond donors (Lipinski definition) is 2. The van der Waals surface area contributed by atoms with Crippen LogP contribution >= 0.6 is 0 Å². The van der Waals surface area contributed by atoms with E-state index in [0.29, 0.717) is 30.5 Å². The fourth-order valence-electron chi connectivity index (χ4n) is 1.83. The van der Waals surface area contributed by atoms with Gasteiger partial charge in [-0.05, 0) is 27.2 Å². The van der Waals surface area contributed by atoms with E-state index in [1.807, 2.05) is 13.8 Å².